The first kappa shape index (κ1) is 36.3. The summed E-state index contributed by atoms with van der Waals surface area (Å²) >= 11 is 0. The van der Waals surface area contributed by atoms with Crippen molar-refractivity contribution in [2.24, 2.45) is 0 Å². The second kappa shape index (κ2) is 14.6. The maximum absolute atomic E-state index is 7.08. The van der Waals surface area contributed by atoms with Crippen molar-refractivity contribution in [2.75, 3.05) is 9.71 Å². The molecule has 13 rings (SSSR count). The van der Waals surface area contributed by atoms with Crippen LogP contribution in [-0.2, 0) is 0 Å². The van der Waals surface area contributed by atoms with Gasteiger partial charge < -0.3 is 14.1 Å². The van der Waals surface area contributed by atoms with Gasteiger partial charge >= 0.3 is 6.85 Å². The Morgan fingerprint density at radius 2 is 0.812 bits per heavy atom. The van der Waals surface area contributed by atoms with Crippen LogP contribution in [0.4, 0.5) is 28.4 Å². The van der Waals surface area contributed by atoms with Gasteiger partial charge in [0, 0.05) is 50.3 Å². The molecule has 3 heterocycles. The second-order valence-electron chi connectivity index (χ2n) is 16.8. The Bertz CT molecular complexity index is 3530. The SMILES string of the molecule is c1ccc(-c2ccc(N3B4c5cc(-c6ccccc6)ccc5N(c5ccc(-c6ccccc6)cc5)c5cc6c(oc7ccccc76)c(c54)-c4cc(-c5ccccc5)ccc43)cc2)cc1. The third kappa shape index (κ3) is 5.77. The Morgan fingerprint density at radius 1 is 0.344 bits per heavy atom. The number of furan rings is 1. The van der Waals surface area contributed by atoms with E-state index in [9.17, 15) is 0 Å². The highest BCUT2D eigenvalue weighted by atomic mass is 16.3. The molecule has 1 aromatic heterocycles. The number of anilines is 5. The van der Waals surface area contributed by atoms with Crippen LogP contribution in [0.3, 0.4) is 0 Å². The van der Waals surface area contributed by atoms with Crippen molar-refractivity contribution in [3.63, 3.8) is 0 Å². The fourth-order valence-corrected chi connectivity index (χ4v) is 10.3. The predicted molar refractivity (Wildman–Crippen MR) is 269 cm³/mol. The number of hydrogen-bond donors (Lipinski definition) is 0. The maximum Gasteiger partial charge on any atom is 0.333 e. The highest BCUT2D eigenvalue weighted by Crippen LogP contribution is 2.51. The third-order valence-electron chi connectivity index (χ3n) is 13.2. The van der Waals surface area contributed by atoms with Crippen molar-refractivity contribution >= 4 is 68.1 Å². The smallest absolute Gasteiger partial charge is 0.333 e. The minimum atomic E-state index is -0.196. The van der Waals surface area contributed by atoms with Crippen LogP contribution in [0.15, 0.2) is 241 Å². The van der Waals surface area contributed by atoms with Crippen LogP contribution in [0.5, 0.6) is 0 Å². The Labute approximate surface area is 372 Å². The largest absolute Gasteiger partial charge is 0.455 e. The first-order chi connectivity index (χ1) is 31.7. The van der Waals surface area contributed by atoms with Crippen LogP contribution in [0.2, 0.25) is 0 Å². The number of nitrogens with zero attached hydrogens (tertiary/aromatic N) is 2. The summed E-state index contributed by atoms with van der Waals surface area (Å²) in [6.45, 7) is -0.196. The van der Waals surface area contributed by atoms with Gasteiger partial charge in [-0.15, -0.1) is 0 Å². The number of para-hydroxylation sites is 1. The van der Waals surface area contributed by atoms with E-state index in [2.05, 4.69) is 246 Å². The van der Waals surface area contributed by atoms with Gasteiger partial charge in [-0.2, -0.15) is 0 Å². The normalized spacial score (nSPS) is 12.6. The van der Waals surface area contributed by atoms with E-state index in [-0.39, 0.29) is 6.85 Å². The van der Waals surface area contributed by atoms with E-state index in [1.807, 2.05) is 0 Å². The lowest BCUT2D eigenvalue weighted by atomic mass is 9.43. The minimum Gasteiger partial charge on any atom is -0.455 e. The first-order valence-electron chi connectivity index (χ1n) is 22.0. The topological polar surface area (TPSA) is 19.6 Å². The van der Waals surface area contributed by atoms with Gasteiger partial charge in [-0.3, -0.25) is 0 Å². The molecule has 0 amide bonds. The maximum atomic E-state index is 7.08. The predicted octanol–water partition coefficient (Wildman–Crippen LogP) is 15.0. The van der Waals surface area contributed by atoms with Gasteiger partial charge in [0.1, 0.15) is 11.2 Å². The van der Waals surface area contributed by atoms with E-state index in [0.717, 1.165) is 67.1 Å². The molecule has 0 fully saturated rings. The molecular weight excluding hydrogens is 775 g/mol. The van der Waals surface area contributed by atoms with Crippen molar-refractivity contribution in [2.45, 2.75) is 0 Å². The van der Waals surface area contributed by atoms with Gasteiger partial charge in [0.25, 0.3) is 0 Å². The number of rotatable bonds is 6. The van der Waals surface area contributed by atoms with Gasteiger partial charge in [-0.1, -0.05) is 182 Å². The van der Waals surface area contributed by atoms with Gasteiger partial charge in [0.05, 0.1) is 0 Å². The van der Waals surface area contributed by atoms with Crippen LogP contribution in [0.25, 0.3) is 77.6 Å². The Hall–Kier alpha value is -8.34. The molecule has 4 heteroatoms. The standard InChI is InChI=1S/C60H39BN2O/c1-5-15-40(16-6-1)44-25-31-48(32-26-44)62-55-36-30-47(43-21-11-4-12-22-43)38-53(55)61-59-56(62)39-51-50-23-13-14-24-57(50)64-60(51)58(59)52-37-46(42-19-9-3-10-20-42)29-35-54(52)63(61)49-33-27-45(28-34-49)41-17-7-2-8-18-41/h1-39H. The van der Waals surface area contributed by atoms with Gasteiger partial charge in [0.15, 0.2) is 0 Å². The van der Waals surface area contributed by atoms with Gasteiger partial charge in [-0.05, 0) is 110 Å². The quantitative estimate of drug-likeness (QED) is 0.156. The molecule has 0 radical (unpaired) electrons. The van der Waals surface area contributed by atoms with Gasteiger partial charge in [0.2, 0.25) is 0 Å². The molecule has 11 aromatic rings. The monoisotopic (exact) mass is 814 g/mol. The fraction of sp³-hybridized carbons (Fsp3) is 0. The molecule has 0 N–H and O–H groups in total. The summed E-state index contributed by atoms with van der Waals surface area (Å²) in [7, 11) is 0. The van der Waals surface area contributed by atoms with E-state index in [0.29, 0.717) is 0 Å². The average Bonchev–Trinajstić information content (AvgIpc) is 3.75. The number of fused-ring (bicyclic) bond motifs is 8. The van der Waals surface area contributed by atoms with E-state index in [1.54, 1.807) is 0 Å². The number of benzene rings is 10. The average molecular weight is 815 g/mol. The van der Waals surface area contributed by atoms with Gasteiger partial charge in [-0.25, -0.2) is 0 Å². The second-order valence-corrected chi connectivity index (χ2v) is 16.8. The molecule has 0 spiro atoms. The Morgan fingerprint density at radius 3 is 1.41 bits per heavy atom. The third-order valence-corrected chi connectivity index (χ3v) is 13.2. The highest BCUT2D eigenvalue weighted by molar-refractivity contribution is 6.94. The molecule has 2 aliphatic rings. The van der Waals surface area contributed by atoms with Crippen molar-refractivity contribution in [3.05, 3.63) is 237 Å². The zero-order valence-corrected chi connectivity index (χ0v) is 34.9. The summed E-state index contributed by atoms with van der Waals surface area (Å²) in [5.74, 6) is 0. The van der Waals surface area contributed by atoms with Crippen LogP contribution >= 0.6 is 0 Å². The molecule has 0 saturated heterocycles. The summed E-state index contributed by atoms with van der Waals surface area (Å²) in [6, 6.07) is 86.0. The summed E-state index contributed by atoms with van der Waals surface area (Å²) in [5.41, 5.74) is 21.7. The summed E-state index contributed by atoms with van der Waals surface area (Å²) in [5, 5.41) is 2.22. The lowest BCUT2D eigenvalue weighted by Gasteiger charge is -2.46. The lowest BCUT2D eigenvalue weighted by molar-refractivity contribution is 0.670. The molecular formula is C60H39BN2O. The van der Waals surface area contributed by atoms with E-state index < -0.39 is 0 Å². The Kier molecular flexibility index (Phi) is 8.32. The molecule has 0 unspecified atom stereocenters. The van der Waals surface area contributed by atoms with E-state index in [4.69, 9.17) is 4.42 Å². The Balaban J connectivity index is 1.13. The summed E-state index contributed by atoms with van der Waals surface area (Å²) < 4.78 is 7.08. The van der Waals surface area contributed by atoms with Crippen LogP contribution in [0.1, 0.15) is 0 Å². The first-order valence-corrected chi connectivity index (χ1v) is 22.0. The fourth-order valence-electron chi connectivity index (χ4n) is 10.3. The van der Waals surface area contributed by atoms with Crippen LogP contribution < -0.4 is 20.6 Å². The molecule has 64 heavy (non-hydrogen) atoms. The van der Waals surface area contributed by atoms with Crippen LogP contribution in [0, 0.1) is 0 Å². The number of hydrogen-bond acceptors (Lipinski definition) is 3. The summed E-state index contributed by atoms with van der Waals surface area (Å²) in [6.07, 6.45) is 0. The van der Waals surface area contributed by atoms with Crippen molar-refractivity contribution in [1.29, 1.82) is 0 Å². The highest BCUT2D eigenvalue weighted by Gasteiger charge is 2.46. The summed E-state index contributed by atoms with van der Waals surface area (Å²) in [4.78, 5) is 5.08. The van der Waals surface area contributed by atoms with Crippen LogP contribution in [-0.4, -0.2) is 6.85 Å². The van der Waals surface area contributed by atoms with Crippen molar-refractivity contribution in [1.82, 2.24) is 0 Å². The molecule has 3 nitrogen and oxygen atoms in total. The molecule has 0 saturated carbocycles. The molecule has 0 bridgehead atoms. The van der Waals surface area contributed by atoms with E-state index >= 15 is 0 Å². The molecule has 0 atom stereocenters. The zero-order valence-electron chi connectivity index (χ0n) is 34.9. The molecule has 0 aliphatic carbocycles. The molecule has 298 valence electrons. The zero-order chi connectivity index (χ0) is 42.1. The van der Waals surface area contributed by atoms with Crippen molar-refractivity contribution in [3.8, 4) is 55.6 Å². The molecule has 10 aromatic carbocycles. The van der Waals surface area contributed by atoms with E-state index in [1.165, 1.54) is 49.9 Å². The minimum absolute atomic E-state index is 0.196. The molecule has 2 aliphatic heterocycles. The van der Waals surface area contributed by atoms with Crippen molar-refractivity contribution < 1.29 is 4.42 Å². The lowest BCUT2D eigenvalue weighted by Crippen LogP contribution is -2.61.